The van der Waals surface area contributed by atoms with Gasteiger partial charge in [0.05, 0.1) is 12.2 Å². The van der Waals surface area contributed by atoms with Crippen LogP contribution in [0.15, 0.2) is 42.7 Å². The third-order valence-electron chi connectivity index (χ3n) is 2.65. The summed E-state index contributed by atoms with van der Waals surface area (Å²) in [5.41, 5.74) is 1.54. The number of carbonyl (C=O) groups excluding carboxylic acids is 1. The first-order valence-corrected chi connectivity index (χ1v) is 5.88. The molecule has 0 radical (unpaired) electrons. The molecule has 2 N–H and O–H groups in total. The van der Waals surface area contributed by atoms with Crippen LogP contribution in [-0.4, -0.2) is 16.1 Å². The molecular formula is C14H14FN3O. The van der Waals surface area contributed by atoms with E-state index in [2.05, 4.69) is 15.5 Å². The van der Waals surface area contributed by atoms with Gasteiger partial charge in [-0.05, 0) is 30.7 Å². The van der Waals surface area contributed by atoms with Crippen molar-refractivity contribution in [2.24, 2.45) is 0 Å². The number of amides is 1. The molecule has 98 valence electrons. The first-order valence-electron chi connectivity index (χ1n) is 5.88. The quantitative estimate of drug-likeness (QED) is 0.828. The SMILES string of the molecule is CC(NC(=O)/C=C/c1cccc(F)c1)c1cn[nH]c1. The molecule has 0 saturated carbocycles. The van der Waals surface area contributed by atoms with Gasteiger partial charge < -0.3 is 5.32 Å². The zero-order chi connectivity index (χ0) is 13.7. The highest BCUT2D eigenvalue weighted by Crippen LogP contribution is 2.09. The highest BCUT2D eigenvalue weighted by molar-refractivity contribution is 5.91. The Morgan fingerprint density at radius 3 is 3.05 bits per heavy atom. The summed E-state index contributed by atoms with van der Waals surface area (Å²) < 4.78 is 12.9. The maximum Gasteiger partial charge on any atom is 0.244 e. The molecule has 0 aliphatic carbocycles. The van der Waals surface area contributed by atoms with Crippen LogP contribution >= 0.6 is 0 Å². The lowest BCUT2D eigenvalue weighted by atomic mass is 10.2. The van der Waals surface area contributed by atoms with Crippen LogP contribution < -0.4 is 5.32 Å². The molecule has 5 heteroatoms. The molecule has 0 aliphatic heterocycles. The average molecular weight is 259 g/mol. The van der Waals surface area contributed by atoms with Crippen molar-refractivity contribution < 1.29 is 9.18 Å². The second-order valence-corrected chi connectivity index (χ2v) is 4.15. The number of aromatic amines is 1. The summed E-state index contributed by atoms with van der Waals surface area (Å²) >= 11 is 0. The van der Waals surface area contributed by atoms with Crippen molar-refractivity contribution >= 4 is 12.0 Å². The van der Waals surface area contributed by atoms with Crippen molar-refractivity contribution in [1.29, 1.82) is 0 Å². The molecule has 2 aromatic rings. The lowest BCUT2D eigenvalue weighted by Gasteiger charge is -2.09. The molecule has 0 aliphatic rings. The van der Waals surface area contributed by atoms with Crippen LogP contribution in [-0.2, 0) is 4.79 Å². The van der Waals surface area contributed by atoms with Crippen molar-refractivity contribution in [3.05, 3.63) is 59.7 Å². The average Bonchev–Trinajstić information content (AvgIpc) is 2.90. The number of hydrogen-bond acceptors (Lipinski definition) is 2. The van der Waals surface area contributed by atoms with Gasteiger partial charge in [0.2, 0.25) is 5.91 Å². The summed E-state index contributed by atoms with van der Waals surface area (Å²) in [7, 11) is 0. The number of benzene rings is 1. The Bertz CT molecular complexity index is 578. The molecule has 1 atom stereocenters. The third kappa shape index (κ3) is 3.77. The summed E-state index contributed by atoms with van der Waals surface area (Å²) in [5, 5.41) is 9.29. The number of hydrogen-bond donors (Lipinski definition) is 2. The topological polar surface area (TPSA) is 57.8 Å². The van der Waals surface area contributed by atoms with Gasteiger partial charge in [0.1, 0.15) is 5.82 Å². The Hall–Kier alpha value is -2.43. The van der Waals surface area contributed by atoms with Gasteiger partial charge in [-0.15, -0.1) is 0 Å². The van der Waals surface area contributed by atoms with Crippen molar-refractivity contribution in [3.8, 4) is 0 Å². The molecule has 1 aromatic carbocycles. The molecule has 1 aromatic heterocycles. The zero-order valence-electron chi connectivity index (χ0n) is 10.4. The standard InChI is InChI=1S/C14H14FN3O/c1-10(12-8-16-17-9-12)18-14(19)6-5-11-3-2-4-13(15)7-11/h2-10H,1H3,(H,16,17)(H,18,19)/b6-5+. The Morgan fingerprint density at radius 2 is 2.37 bits per heavy atom. The van der Waals surface area contributed by atoms with E-state index >= 15 is 0 Å². The number of carbonyl (C=O) groups is 1. The lowest BCUT2D eigenvalue weighted by Crippen LogP contribution is -2.24. The maximum atomic E-state index is 12.9. The van der Waals surface area contributed by atoms with E-state index in [0.29, 0.717) is 5.56 Å². The number of aromatic nitrogens is 2. The van der Waals surface area contributed by atoms with Crippen molar-refractivity contribution in [2.75, 3.05) is 0 Å². The fraction of sp³-hybridized carbons (Fsp3) is 0.143. The smallest absolute Gasteiger partial charge is 0.244 e. The van der Waals surface area contributed by atoms with Gasteiger partial charge in [0.15, 0.2) is 0 Å². The van der Waals surface area contributed by atoms with E-state index in [9.17, 15) is 9.18 Å². The van der Waals surface area contributed by atoms with Crippen LogP contribution in [0.5, 0.6) is 0 Å². The normalized spacial score (nSPS) is 12.5. The second kappa shape index (κ2) is 5.95. The molecule has 1 amide bonds. The highest BCUT2D eigenvalue weighted by Gasteiger charge is 2.07. The van der Waals surface area contributed by atoms with E-state index in [1.165, 1.54) is 18.2 Å². The van der Waals surface area contributed by atoms with E-state index in [4.69, 9.17) is 0 Å². The van der Waals surface area contributed by atoms with Crippen LogP contribution in [0.25, 0.3) is 6.08 Å². The first-order chi connectivity index (χ1) is 9.15. The van der Waals surface area contributed by atoms with Crippen LogP contribution in [0.1, 0.15) is 24.1 Å². The van der Waals surface area contributed by atoms with Gasteiger partial charge in [-0.1, -0.05) is 12.1 Å². The monoisotopic (exact) mass is 259 g/mol. The van der Waals surface area contributed by atoms with Crippen LogP contribution in [0.2, 0.25) is 0 Å². The van der Waals surface area contributed by atoms with E-state index in [1.807, 2.05) is 6.92 Å². The second-order valence-electron chi connectivity index (χ2n) is 4.15. The minimum Gasteiger partial charge on any atom is -0.346 e. The van der Waals surface area contributed by atoms with Crippen LogP contribution in [0, 0.1) is 5.82 Å². The lowest BCUT2D eigenvalue weighted by molar-refractivity contribution is -0.117. The molecular weight excluding hydrogens is 245 g/mol. The molecule has 1 heterocycles. The van der Waals surface area contributed by atoms with E-state index < -0.39 is 0 Å². The molecule has 0 saturated heterocycles. The van der Waals surface area contributed by atoms with Crippen molar-refractivity contribution in [2.45, 2.75) is 13.0 Å². The predicted octanol–water partition coefficient (Wildman–Crippen LogP) is 2.44. The number of nitrogens with one attached hydrogen (secondary N) is 2. The Balaban J connectivity index is 1.94. The van der Waals surface area contributed by atoms with Gasteiger partial charge in [-0.3, -0.25) is 9.89 Å². The molecule has 0 spiro atoms. The Kier molecular flexibility index (Phi) is 4.07. The van der Waals surface area contributed by atoms with Gasteiger partial charge in [0, 0.05) is 17.8 Å². The molecule has 0 fully saturated rings. The fourth-order valence-electron chi connectivity index (χ4n) is 1.62. The van der Waals surface area contributed by atoms with Gasteiger partial charge in [-0.2, -0.15) is 5.10 Å². The van der Waals surface area contributed by atoms with Crippen molar-refractivity contribution in [1.82, 2.24) is 15.5 Å². The number of rotatable bonds is 4. The fourth-order valence-corrected chi connectivity index (χ4v) is 1.62. The molecule has 1 unspecified atom stereocenters. The summed E-state index contributed by atoms with van der Waals surface area (Å²) in [4.78, 5) is 11.7. The maximum absolute atomic E-state index is 12.9. The minimum absolute atomic E-state index is 0.136. The zero-order valence-corrected chi connectivity index (χ0v) is 10.4. The molecule has 0 bridgehead atoms. The van der Waals surface area contributed by atoms with Crippen LogP contribution in [0.4, 0.5) is 4.39 Å². The summed E-state index contributed by atoms with van der Waals surface area (Å²) in [6.07, 6.45) is 6.33. The van der Waals surface area contributed by atoms with Gasteiger partial charge in [-0.25, -0.2) is 4.39 Å². The summed E-state index contributed by atoms with van der Waals surface area (Å²) in [5.74, 6) is -0.563. The first kappa shape index (κ1) is 13.0. The Morgan fingerprint density at radius 1 is 1.53 bits per heavy atom. The number of H-pyrrole nitrogens is 1. The highest BCUT2D eigenvalue weighted by atomic mass is 19.1. The van der Waals surface area contributed by atoms with Crippen LogP contribution in [0.3, 0.4) is 0 Å². The molecule has 19 heavy (non-hydrogen) atoms. The summed E-state index contributed by atoms with van der Waals surface area (Å²) in [6, 6.07) is 5.91. The Labute approximate surface area is 110 Å². The van der Waals surface area contributed by atoms with Crippen molar-refractivity contribution in [3.63, 3.8) is 0 Å². The van der Waals surface area contributed by atoms with Gasteiger partial charge in [0.25, 0.3) is 0 Å². The molecule has 2 rings (SSSR count). The molecule has 4 nitrogen and oxygen atoms in total. The van der Waals surface area contributed by atoms with E-state index in [0.717, 1.165) is 5.56 Å². The van der Waals surface area contributed by atoms with E-state index in [1.54, 1.807) is 30.6 Å². The largest absolute Gasteiger partial charge is 0.346 e. The van der Waals surface area contributed by atoms with E-state index in [-0.39, 0.29) is 17.8 Å². The third-order valence-corrected chi connectivity index (χ3v) is 2.65. The number of nitrogens with zero attached hydrogens (tertiary/aromatic N) is 1. The number of halogens is 1. The predicted molar refractivity (Wildman–Crippen MR) is 70.6 cm³/mol. The minimum atomic E-state index is -0.325. The summed E-state index contributed by atoms with van der Waals surface area (Å²) in [6.45, 7) is 1.86. The van der Waals surface area contributed by atoms with Gasteiger partial charge >= 0.3 is 0 Å².